The van der Waals surface area contributed by atoms with Crippen LogP contribution < -0.4 is 10.6 Å². The molecule has 0 unspecified atom stereocenters. The van der Waals surface area contributed by atoms with Gasteiger partial charge in [-0.25, -0.2) is 0 Å². The Morgan fingerprint density at radius 3 is 2.57 bits per heavy atom. The largest absolute Gasteiger partial charge is 0.352 e. The highest BCUT2D eigenvalue weighted by atomic mass is 16.2. The minimum atomic E-state index is -0.268. The third-order valence-electron chi connectivity index (χ3n) is 5.38. The van der Waals surface area contributed by atoms with Crippen LogP contribution in [0.3, 0.4) is 0 Å². The van der Waals surface area contributed by atoms with Gasteiger partial charge in [0.1, 0.15) is 0 Å². The standard InChI is InChI=1S/C25H25N3O2/c29-24(27-16-14-18-7-2-1-3-8-18)20-10-4-11-21(17-20)25(30)28-22-13-5-9-19-12-6-15-26-23(19)22/h4-7,9-13,15,17H,1-3,8,14,16H2,(H,27,29)(H,28,30). The summed E-state index contributed by atoms with van der Waals surface area (Å²) in [5, 5.41) is 6.83. The second kappa shape index (κ2) is 9.35. The van der Waals surface area contributed by atoms with Gasteiger partial charge in [-0.05, 0) is 62.4 Å². The molecule has 1 aromatic heterocycles. The molecular weight excluding hydrogens is 374 g/mol. The van der Waals surface area contributed by atoms with E-state index in [0.29, 0.717) is 23.4 Å². The van der Waals surface area contributed by atoms with E-state index in [1.165, 1.54) is 18.4 Å². The summed E-state index contributed by atoms with van der Waals surface area (Å²) in [5.41, 5.74) is 3.73. The number of hydrogen-bond donors (Lipinski definition) is 2. The van der Waals surface area contributed by atoms with E-state index in [9.17, 15) is 9.59 Å². The molecule has 30 heavy (non-hydrogen) atoms. The number of nitrogens with zero attached hydrogens (tertiary/aromatic N) is 1. The van der Waals surface area contributed by atoms with E-state index >= 15 is 0 Å². The quantitative estimate of drug-likeness (QED) is 0.566. The molecule has 1 aliphatic rings. The van der Waals surface area contributed by atoms with E-state index in [1.54, 1.807) is 30.5 Å². The first-order valence-corrected chi connectivity index (χ1v) is 10.4. The predicted molar refractivity (Wildman–Crippen MR) is 120 cm³/mol. The van der Waals surface area contributed by atoms with Crippen LogP contribution in [0.4, 0.5) is 5.69 Å². The lowest BCUT2D eigenvalue weighted by atomic mass is 9.97. The Hall–Kier alpha value is -3.47. The van der Waals surface area contributed by atoms with Crippen molar-refractivity contribution in [3.8, 4) is 0 Å². The average molecular weight is 399 g/mol. The molecule has 5 heteroatoms. The predicted octanol–water partition coefficient (Wildman–Crippen LogP) is 5.11. The number of anilines is 1. The third-order valence-corrected chi connectivity index (χ3v) is 5.38. The maximum atomic E-state index is 12.8. The maximum absolute atomic E-state index is 12.8. The van der Waals surface area contributed by atoms with Gasteiger partial charge in [-0.3, -0.25) is 14.6 Å². The van der Waals surface area contributed by atoms with E-state index in [2.05, 4.69) is 21.7 Å². The minimum Gasteiger partial charge on any atom is -0.352 e. The van der Waals surface area contributed by atoms with Crippen LogP contribution in [0.5, 0.6) is 0 Å². The van der Waals surface area contributed by atoms with Crippen molar-refractivity contribution < 1.29 is 9.59 Å². The number of rotatable bonds is 6. The van der Waals surface area contributed by atoms with Crippen LogP contribution >= 0.6 is 0 Å². The van der Waals surface area contributed by atoms with Crippen LogP contribution in [0.25, 0.3) is 10.9 Å². The molecule has 2 amide bonds. The van der Waals surface area contributed by atoms with Crippen LogP contribution in [-0.4, -0.2) is 23.3 Å². The number of para-hydroxylation sites is 1. The van der Waals surface area contributed by atoms with Crippen LogP contribution in [0, 0.1) is 0 Å². The molecule has 0 saturated carbocycles. The molecule has 4 rings (SSSR count). The maximum Gasteiger partial charge on any atom is 0.255 e. The highest BCUT2D eigenvalue weighted by molar-refractivity contribution is 6.09. The number of hydrogen-bond acceptors (Lipinski definition) is 3. The Morgan fingerprint density at radius 2 is 1.73 bits per heavy atom. The summed E-state index contributed by atoms with van der Waals surface area (Å²) in [7, 11) is 0. The number of fused-ring (bicyclic) bond motifs is 1. The van der Waals surface area contributed by atoms with Gasteiger partial charge >= 0.3 is 0 Å². The van der Waals surface area contributed by atoms with Crippen molar-refractivity contribution in [2.45, 2.75) is 32.1 Å². The second-order valence-corrected chi connectivity index (χ2v) is 7.53. The van der Waals surface area contributed by atoms with Gasteiger partial charge in [0.15, 0.2) is 0 Å². The zero-order chi connectivity index (χ0) is 20.8. The molecule has 2 N–H and O–H groups in total. The Kier molecular flexibility index (Phi) is 6.18. The molecule has 1 heterocycles. The number of benzene rings is 2. The molecule has 0 saturated heterocycles. The molecule has 0 bridgehead atoms. The molecule has 3 aromatic rings. The van der Waals surface area contributed by atoms with E-state index in [0.717, 1.165) is 30.2 Å². The topological polar surface area (TPSA) is 71.1 Å². The molecule has 152 valence electrons. The Balaban J connectivity index is 1.41. The number of carbonyl (C=O) groups excluding carboxylic acids is 2. The summed E-state index contributed by atoms with van der Waals surface area (Å²) >= 11 is 0. The van der Waals surface area contributed by atoms with Gasteiger partial charge < -0.3 is 10.6 Å². The van der Waals surface area contributed by atoms with Gasteiger partial charge in [0.25, 0.3) is 11.8 Å². The Morgan fingerprint density at radius 1 is 0.933 bits per heavy atom. The summed E-state index contributed by atoms with van der Waals surface area (Å²) in [6.07, 6.45) is 9.67. The van der Waals surface area contributed by atoms with E-state index < -0.39 is 0 Å². The monoisotopic (exact) mass is 399 g/mol. The van der Waals surface area contributed by atoms with Gasteiger partial charge in [-0.2, -0.15) is 0 Å². The van der Waals surface area contributed by atoms with Gasteiger partial charge in [-0.15, -0.1) is 0 Å². The summed E-state index contributed by atoms with van der Waals surface area (Å²) in [6, 6.07) is 16.3. The normalized spacial score (nSPS) is 13.5. The van der Waals surface area contributed by atoms with Crippen LogP contribution in [0.15, 0.2) is 72.4 Å². The number of nitrogens with one attached hydrogen (secondary N) is 2. The molecule has 0 radical (unpaired) electrons. The van der Waals surface area contributed by atoms with Gasteiger partial charge in [-0.1, -0.05) is 35.9 Å². The van der Waals surface area contributed by atoms with Crippen molar-refractivity contribution in [3.63, 3.8) is 0 Å². The SMILES string of the molecule is O=C(NCCC1=CCCCC1)c1cccc(C(=O)Nc2cccc3cccnc23)c1. The highest BCUT2D eigenvalue weighted by Crippen LogP contribution is 2.22. The Labute approximate surface area is 176 Å². The number of allylic oxidation sites excluding steroid dienone is 1. The molecule has 0 atom stereocenters. The fraction of sp³-hybridized carbons (Fsp3) is 0.240. The average Bonchev–Trinajstić information content (AvgIpc) is 2.80. The Bertz CT molecular complexity index is 1100. The van der Waals surface area contributed by atoms with E-state index in [1.807, 2.05) is 30.3 Å². The summed E-state index contributed by atoms with van der Waals surface area (Å²) in [6.45, 7) is 0.614. The fourth-order valence-electron chi connectivity index (χ4n) is 3.77. The first kappa shape index (κ1) is 19.8. The number of pyridine rings is 1. The second-order valence-electron chi connectivity index (χ2n) is 7.53. The minimum absolute atomic E-state index is 0.159. The van der Waals surface area contributed by atoms with E-state index in [4.69, 9.17) is 0 Å². The highest BCUT2D eigenvalue weighted by Gasteiger charge is 2.12. The molecule has 1 aliphatic carbocycles. The lowest BCUT2D eigenvalue weighted by Crippen LogP contribution is -2.25. The number of amides is 2. The smallest absolute Gasteiger partial charge is 0.255 e. The van der Waals surface area contributed by atoms with Crippen molar-refractivity contribution in [3.05, 3.63) is 83.6 Å². The van der Waals surface area contributed by atoms with Crippen molar-refractivity contribution >= 4 is 28.4 Å². The van der Waals surface area contributed by atoms with Crippen LogP contribution in [-0.2, 0) is 0 Å². The lowest BCUT2D eigenvalue weighted by molar-refractivity contribution is 0.0954. The molecular formula is C25H25N3O2. The van der Waals surface area contributed by atoms with Crippen molar-refractivity contribution in [2.75, 3.05) is 11.9 Å². The first-order chi connectivity index (χ1) is 14.7. The number of aromatic nitrogens is 1. The summed E-state index contributed by atoms with van der Waals surface area (Å²) in [4.78, 5) is 29.7. The zero-order valence-corrected chi connectivity index (χ0v) is 16.9. The van der Waals surface area contributed by atoms with E-state index in [-0.39, 0.29) is 11.8 Å². The number of carbonyl (C=O) groups is 2. The first-order valence-electron chi connectivity index (χ1n) is 10.4. The van der Waals surface area contributed by atoms with Gasteiger partial charge in [0, 0.05) is 29.3 Å². The molecule has 5 nitrogen and oxygen atoms in total. The molecule has 2 aromatic carbocycles. The van der Waals surface area contributed by atoms with Crippen LogP contribution in [0.2, 0.25) is 0 Å². The van der Waals surface area contributed by atoms with Crippen molar-refractivity contribution in [1.29, 1.82) is 0 Å². The summed E-state index contributed by atoms with van der Waals surface area (Å²) in [5.74, 6) is -0.428. The molecule has 0 fully saturated rings. The van der Waals surface area contributed by atoms with Crippen molar-refractivity contribution in [2.24, 2.45) is 0 Å². The van der Waals surface area contributed by atoms with Gasteiger partial charge in [0.2, 0.25) is 0 Å². The molecule has 0 aliphatic heterocycles. The zero-order valence-electron chi connectivity index (χ0n) is 16.9. The third kappa shape index (κ3) is 4.74. The molecule has 0 spiro atoms. The summed E-state index contributed by atoms with van der Waals surface area (Å²) < 4.78 is 0. The van der Waals surface area contributed by atoms with Crippen molar-refractivity contribution in [1.82, 2.24) is 10.3 Å². The lowest BCUT2D eigenvalue weighted by Gasteiger charge is -2.13. The van der Waals surface area contributed by atoms with Gasteiger partial charge in [0.05, 0.1) is 11.2 Å². The fourth-order valence-corrected chi connectivity index (χ4v) is 3.77. The van der Waals surface area contributed by atoms with Crippen LogP contribution in [0.1, 0.15) is 52.8 Å².